The Balaban J connectivity index is 1.81. The number of hydrogen-bond acceptors (Lipinski definition) is 4. The molecule has 1 atom stereocenters. The molecule has 2 rings (SSSR count). The molecule has 0 N–H and O–H groups in total. The van der Waals surface area contributed by atoms with Crippen molar-refractivity contribution >= 4 is 5.97 Å². The van der Waals surface area contributed by atoms with Crippen LogP contribution in [0.25, 0.3) is 0 Å². The average molecular weight is 332 g/mol. The predicted molar refractivity (Wildman–Crippen MR) is 94.4 cm³/mol. The van der Waals surface area contributed by atoms with Gasteiger partial charge in [0.1, 0.15) is 11.5 Å². The summed E-state index contributed by atoms with van der Waals surface area (Å²) in [6, 6.07) is 7.62. The van der Waals surface area contributed by atoms with E-state index in [4.69, 9.17) is 14.2 Å². The Labute approximate surface area is 144 Å². The molecule has 0 radical (unpaired) electrons. The zero-order valence-electron chi connectivity index (χ0n) is 15.0. The van der Waals surface area contributed by atoms with E-state index >= 15 is 0 Å². The van der Waals surface area contributed by atoms with E-state index in [-0.39, 0.29) is 11.4 Å². The number of benzene rings is 1. The van der Waals surface area contributed by atoms with Crippen LogP contribution in [0.3, 0.4) is 0 Å². The van der Waals surface area contributed by atoms with E-state index in [0.29, 0.717) is 13.2 Å². The van der Waals surface area contributed by atoms with Crippen LogP contribution in [0.4, 0.5) is 0 Å². The second kappa shape index (κ2) is 8.76. The summed E-state index contributed by atoms with van der Waals surface area (Å²) < 4.78 is 16.1. The van der Waals surface area contributed by atoms with Crippen molar-refractivity contribution in [3.8, 4) is 11.5 Å². The molecule has 1 aliphatic rings. The van der Waals surface area contributed by atoms with Crippen LogP contribution in [0.2, 0.25) is 0 Å². The fraction of sp³-hybridized carbons (Fsp3) is 0.550. The normalized spacial score (nSPS) is 20.2. The molecule has 4 nitrogen and oxygen atoms in total. The fourth-order valence-corrected chi connectivity index (χ4v) is 3.17. The lowest BCUT2D eigenvalue weighted by atomic mass is 9.75. The zero-order chi connectivity index (χ0) is 17.4. The molecule has 0 aromatic heterocycles. The van der Waals surface area contributed by atoms with Gasteiger partial charge in [-0.05, 0) is 68.7 Å². The summed E-state index contributed by atoms with van der Waals surface area (Å²) in [5.74, 6) is 1.53. The summed E-state index contributed by atoms with van der Waals surface area (Å²) in [4.78, 5) is 11.9. The van der Waals surface area contributed by atoms with Crippen LogP contribution in [0.1, 0.15) is 46.0 Å². The highest BCUT2D eigenvalue weighted by Crippen LogP contribution is 2.38. The Hall–Kier alpha value is -1.97. The van der Waals surface area contributed by atoms with Gasteiger partial charge in [-0.3, -0.25) is 0 Å². The van der Waals surface area contributed by atoms with Crippen molar-refractivity contribution in [3.05, 3.63) is 35.9 Å². The van der Waals surface area contributed by atoms with E-state index in [0.717, 1.165) is 49.2 Å². The number of allylic oxidation sites excluding steroid dienone is 1. The molecule has 1 aliphatic carbocycles. The molecule has 1 aromatic carbocycles. The Kier molecular flexibility index (Phi) is 6.71. The van der Waals surface area contributed by atoms with E-state index < -0.39 is 0 Å². The highest BCUT2D eigenvalue weighted by atomic mass is 16.5. The second-order valence-corrected chi connectivity index (χ2v) is 6.53. The quantitative estimate of drug-likeness (QED) is 0.518. The molecule has 0 amide bonds. The van der Waals surface area contributed by atoms with Gasteiger partial charge in [-0.15, -0.1) is 0 Å². The van der Waals surface area contributed by atoms with Crippen molar-refractivity contribution in [3.63, 3.8) is 0 Å². The summed E-state index contributed by atoms with van der Waals surface area (Å²) in [6.45, 7) is 5.17. The van der Waals surface area contributed by atoms with Gasteiger partial charge in [0.15, 0.2) is 0 Å². The average Bonchev–Trinajstić information content (AvgIpc) is 2.59. The standard InChI is InChI=1S/C20H28O4/c1-4-23-19(21)16-7-5-12-20(2,15-16)13-6-14-24-18-10-8-17(22-3)9-11-18/h8-11,15H,4-7,12-14H2,1-3H3/t20-/m1/s1. The zero-order valence-corrected chi connectivity index (χ0v) is 15.0. The van der Waals surface area contributed by atoms with Gasteiger partial charge >= 0.3 is 5.97 Å². The summed E-state index contributed by atoms with van der Waals surface area (Å²) in [6.07, 6.45) is 7.07. The van der Waals surface area contributed by atoms with E-state index in [1.165, 1.54) is 0 Å². The van der Waals surface area contributed by atoms with Crippen LogP contribution in [-0.2, 0) is 9.53 Å². The third-order valence-corrected chi connectivity index (χ3v) is 4.47. The SMILES string of the molecule is CCOC(=O)C1=C[C@@](C)(CCCOc2ccc(OC)cc2)CCC1. The van der Waals surface area contributed by atoms with Crippen LogP contribution in [0.5, 0.6) is 11.5 Å². The van der Waals surface area contributed by atoms with Crippen molar-refractivity contribution in [2.45, 2.75) is 46.0 Å². The summed E-state index contributed by atoms with van der Waals surface area (Å²) >= 11 is 0. The van der Waals surface area contributed by atoms with E-state index in [2.05, 4.69) is 13.0 Å². The number of hydrogen-bond donors (Lipinski definition) is 0. The molecule has 132 valence electrons. The number of esters is 1. The third kappa shape index (κ3) is 5.29. The van der Waals surface area contributed by atoms with Gasteiger partial charge in [-0.2, -0.15) is 0 Å². The minimum absolute atomic E-state index is 0.0591. The van der Waals surface area contributed by atoms with Gasteiger partial charge in [0.2, 0.25) is 0 Å². The molecule has 0 spiro atoms. The van der Waals surface area contributed by atoms with Crippen molar-refractivity contribution in [2.24, 2.45) is 5.41 Å². The highest BCUT2D eigenvalue weighted by Gasteiger charge is 2.28. The lowest BCUT2D eigenvalue weighted by molar-refractivity contribution is -0.138. The fourth-order valence-electron chi connectivity index (χ4n) is 3.17. The Bertz CT molecular complexity index is 562. The first-order valence-electron chi connectivity index (χ1n) is 8.72. The number of ether oxygens (including phenoxy) is 3. The largest absolute Gasteiger partial charge is 0.497 e. The second-order valence-electron chi connectivity index (χ2n) is 6.53. The van der Waals surface area contributed by atoms with Crippen LogP contribution in [-0.4, -0.2) is 26.3 Å². The Morgan fingerprint density at radius 3 is 2.58 bits per heavy atom. The monoisotopic (exact) mass is 332 g/mol. The Morgan fingerprint density at radius 2 is 1.92 bits per heavy atom. The predicted octanol–water partition coefficient (Wildman–Crippen LogP) is 4.53. The van der Waals surface area contributed by atoms with Gasteiger partial charge in [0.25, 0.3) is 0 Å². The molecule has 0 saturated carbocycles. The summed E-state index contributed by atoms with van der Waals surface area (Å²) in [7, 11) is 1.65. The van der Waals surface area contributed by atoms with Crippen molar-refractivity contribution in [1.29, 1.82) is 0 Å². The van der Waals surface area contributed by atoms with Crippen LogP contribution in [0, 0.1) is 5.41 Å². The molecule has 0 bridgehead atoms. The molecule has 0 unspecified atom stereocenters. The molecule has 0 aliphatic heterocycles. The van der Waals surface area contributed by atoms with Crippen molar-refractivity contribution in [1.82, 2.24) is 0 Å². The van der Waals surface area contributed by atoms with Crippen LogP contribution < -0.4 is 9.47 Å². The van der Waals surface area contributed by atoms with Gasteiger partial charge in [0.05, 0.1) is 20.3 Å². The first-order valence-corrected chi connectivity index (χ1v) is 8.72. The summed E-state index contributed by atoms with van der Waals surface area (Å²) in [5.41, 5.74) is 0.894. The number of methoxy groups -OCH3 is 1. The molecule has 0 saturated heterocycles. The lowest BCUT2D eigenvalue weighted by Gasteiger charge is -2.31. The molecular weight excluding hydrogens is 304 g/mol. The highest BCUT2D eigenvalue weighted by molar-refractivity contribution is 5.88. The summed E-state index contributed by atoms with van der Waals surface area (Å²) in [5, 5.41) is 0. The minimum Gasteiger partial charge on any atom is -0.497 e. The molecule has 24 heavy (non-hydrogen) atoms. The van der Waals surface area contributed by atoms with Gasteiger partial charge in [-0.1, -0.05) is 13.0 Å². The maximum absolute atomic E-state index is 11.9. The molecule has 4 heteroatoms. The van der Waals surface area contributed by atoms with Gasteiger partial charge in [-0.25, -0.2) is 4.79 Å². The minimum atomic E-state index is -0.155. The third-order valence-electron chi connectivity index (χ3n) is 4.47. The lowest BCUT2D eigenvalue weighted by Crippen LogP contribution is -2.22. The van der Waals surface area contributed by atoms with Crippen molar-refractivity contribution < 1.29 is 19.0 Å². The van der Waals surface area contributed by atoms with E-state index in [1.807, 2.05) is 31.2 Å². The number of carbonyl (C=O) groups excluding carboxylic acids is 1. The maximum atomic E-state index is 11.9. The maximum Gasteiger partial charge on any atom is 0.333 e. The Morgan fingerprint density at radius 1 is 1.21 bits per heavy atom. The van der Waals surface area contributed by atoms with E-state index in [1.54, 1.807) is 7.11 Å². The first kappa shape index (κ1) is 18.4. The topological polar surface area (TPSA) is 44.8 Å². The molecule has 0 heterocycles. The van der Waals surface area contributed by atoms with Gasteiger partial charge < -0.3 is 14.2 Å². The van der Waals surface area contributed by atoms with Gasteiger partial charge in [0, 0.05) is 5.57 Å². The molecular formula is C20H28O4. The molecule has 0 fully saturated rings. The van der Waals surface area contributed by atoms with Crippen LogP contribution in [0.15, 0.2) is 35.9 Å². The first-order chi connectivity index (χ1) is 11.6. The number of rotatable bonds is 8. The van der Waals surface area contributed by atoms with Crippen molar-refractivity contribution in [2.75, 3.05) is 20.3 Å². The van der Waals surface area contributed by atoms with Crippen LogP contribution >= 0.6 is 0 Å². The molecule has 1 aromatic rings. The smallest absolute Gasteiger partial charge is 0.333 e. The van der Waals surface area contributed by atoms with E-state index in [9.17, 15) is 4.79 Å². The number of carbonyl (C=O) groups is 1.